The quantitative estimate of drug-likeness (QED) is 0.847. The fourth-order valence-electron chi connectivity index (χ4n) is 2.07. The van der Waals surface area contributed by atoms with Crippen LogP contribution in [0.5, 0.6) is 0 Å². The van der Waals surface area contributed by atoms with E-state index < -0.39 is 0 Å². The zero-order chi connectivity index (χ0) is 13.0. The molecule has 2 aromatic rings. The molecule has 1 aromatic heterocycles. The Labute approximate surface area is 109 Å². The first kappa shape index (κ1) is 12.8. The van der Waals surface area contributed by atoms with Gasteiger partial charge in [0.2, 0.25) is 0 Å². The number of nitrogens with one attached hydrogen (secondary N) is 2. The second kappa shape index (κ2) is 5.83. The molecular weight excluding hydrogens is 222 g/mol. The Balaban J connectivity index is 2.30. The summed E-state index contributed by atoms with van der Waals surface area (Å²) >= 11 is 0. The Morgan fingerprint density at radius 2 is 2.06 bits per heavy atom. The molecule has 1 heterocycles. The fourth-order valence-corrected chi connectivity index (χ4v) is 2.07. The molecule has 0 saturated carbocycles. The Hall–Kier alpha value is -1.61. The standard InChI is InChI=1S/C15H21N3/c1-4-8-16-15(14-7-9-17-18-14)13-6-5-11(2)12(3)10-13/h5-7,9-10,15-16H,4,8H2,1-3H3,(H,17,18). The second-order valence-electron chi connectivity index (χ2n) is 4.74. The lowest BCUT2D eigenvalue weighted by molar-refractivity contribution is 0.585. The van der Waals surface area contributed by atoms with Crippen LogP contribution in [0.4, 0.5) is 0 Å². The number of hydrogen-bond donors (Lipinski definition) is 2. The van der Waals surface area contributed by atoms with E-state index in [1.807, 2.05) is 6.07 Å². The van der Waals surface area contributed by atoms with E-state index in [9.17, 15) is 0 Å². The summed E-state index contributed by atoms with van der Waals surface area (Å²) in [4.78, 5) is 0. The van der Waals surface area contributed by atoms with Crippen LogP contribution in [-0.4, -0.2) is 16.7 Å². The average molecular weight is 243 g/mol. The molecule has 3 nitrogen and oxygen atoms in total. The highest BCUT2D eigenvalue weighted by atomic mass is 15.1. The number of nitrogens with zero attached hydrogens (tertiary/aromatic N) is 1. The Morgan fingerprint density at radius 1 is 1.22 bits per heavy atom. The molecule has 0 aliphatic heterocycles. The van der Waals surface area contributed by atoms with Gasteiger partial charge in [-0.25, -0.2) is 0 Å². The molecule has 1 atom stereocenters. The van der Waals surface area contributed by atoms with E-state index in [2.05, 4.69) is 54.5 Å². The van der Waals surface area contributed by atoms with E-state index in [-0.39, 0.29) is 6.04 Å². The van der Waals surface area contributed by atoms with Gasteiger partial charge >= 0.3 is 0 Å². The monoisotopic (exact) mass is 243 g/mol. The Kier molecular flexibility index (Phi) is 4.15. The van der Waals surface area contributed by atoms with E-state index in [0.29, 0.717) is 0 Å². The van der Waals surface area contributed by atoms with E-state index >= 15 is 0 Å². The number of aromatic nitrogens is 2. The van der Waals surface area contributed by atoms with Crippen molar-refractivity contribution in [2.45, 2.75) is 33.2 Å². The molecule has 0 spiro atoms. The van der Waals surface area contributed by atoms with Crippen molar-refractivity contribution in [1.29, 1.82) is 0 Å². The van der Waals surface area contributed by atoms with Crippen molar-refractivity contribution in [1.82, 2.24) is 15.5 Å². The van der Waals surface area contributed by atoms with Crippen molar-refractivity contribution in [3.8, 4) is 0 Å². The van der Waals surface area contributed by atoms with Crippen LogP contribution in [0.15, 0.2) is 30.5 Å². The van der Waals surface area contributed by atoms with Gasteiger partial charge in [-0.3, -0.25) is 5.10 Å². The third kappa shape index (κ3) is 2.79. The highest BCUT2D eigenvalue weighted by Crippen LogP contribution is 2.22. The van der Waals surface area contributed by atoms with E-state index in [1.165, 1.54) is 16.7 Å². The first-order valence-electron chi connectivity index (χ1n) is 6.52. The number of rotatable bonds is 5. The van der Waals surface area contributed by atoms with Gasteiger partial charge in [-0.15, -0.1) is 0 Å². The largest absolute Gasteiger partial charge is 0.305 e. The predicted octanol–water partition coefficient (Wildman–Crippen LogP) is 3.12. The Morgan fingerprint density at radius 3 is 2.67 bits per heavy atom. The smallest absolute Gasteiger partial charge is 0.0745 e. The summed E-state index contributed by atoms with van der Waals surface area (Å²) in [5.41, 5.74) is 5.07. The van der Waals surface area contributed by atoms with Crippen molar-refractivity contribution in [3.05, 3.63) is 52.8 Å². The van der Waals surface area contributed by atoms with Crippen molar-refractivity contribution in [2.75, 3.05) is 6.54 Å². The first-order chi connectivity index (χ1) is 8.72. The zero-order valence-corrected chi connectivity index (χ0v) is 11.3. The molecular formula is C15H21N3. The maximum atomic E-state index is 4.05. The lowest BCUT2D eigenvalue weighted by Gasteiger charge is -2.18. The van der Waals surface area contributed by atoms with Crippen LogP contribution in [0.1, 0.15) is 41.8 Å². The van der Waals surface area contributed by atoms with Crippen LogP contribution in [0.25, 0.3) is 0 Å². The maximum absolute atomic E-state index is 4.05. The summed E-state index contributed by atoms with van der Waals surface area (Å²) in [7, 11) is 0. The summed E-state index contributed by atoms with van der Waals surface area (Å²) in [6.45, 7) is 7.47. The molecule has 1 aromatic carbocycles. The molecule has 2 N–H and O–H groups in total. The topological polar surface area (TPSA) is 40.7 Å². The molecule has 0 radical (unpaired) electrons. The SMILES string of the molecule is CCCNC(c1ccc(C)c(C)c1)c1ccn[nH]1. The fraction of sp³-hybridized carbons (Fsp3) is 0.400. The zero-order valence-electron chi connectivity index (χ0n) is 11.3. The molecule has 0 aliphatic rings. The second-order valence-corrected chi connectivity index (χ2v) is 4.74. The summed E-state index contributed by atoms with van der Waals surface area (Å²) in [6.07, 6.45) is 2.92. The number of aryl methyl sites for hydroxylation is 2. The number of H-pyrrole nitrogens is 1. The summed E-state index contributed by atoms with van der Waals surface area (Å²) in [6, 6.07) is 8.86. The van der Waals surface area contributed by atoms with Crippen LogP contribution < -0.4 is 5.32 Å². The molecule has 0 fully saturated rings. The molecule has 3 heteroatoms. The normalized spacial score (nSPS) is 12.6. The summed E-state index contributed by atoms with van der Waals surface area (Å²) in [5.74, 6) is 0. The molecule has 2 rings (SSSR count). The average Bonchev–Trinajstić information content (AvgIpc) is 2.88. The first-order valence-corrected chi connectivity index (χ1v) is 6.52. The van der Waals surface area contributed by atoms with Crippen LogP contribution >= 0.6 is 0 Å². The molecule has 0 aliphatic carbocycles. The van der Waals surface area contributed by atoms with Gasteiger partial charge in [-0.2, -0.15) is 5.10 Å². The molecule has 1 unspecified atom stereocenters. The minimum Gasteiger partial charge on any atom is -0.305 e. The summed E-state index contributed by atoms with van der Waals surface area (Å²) < 4.78 is 0. The highest BCUT2D eigenvalue weighted by Gasteiger charge is 2.14. The van der Waals surface area contributed by atoms with Crippen molar-refractivity contribution in [2.24, 2.45) is 0 Å². The minimum absolute atomic E-state index is 0.201. The van der Waals surface area contributed by atoms with Crippen molar-refractivity contribution in [3.63, 3.8) is 0 Å². The minimum atomic E-state index is 0.201. The van der Waals surface area contributed by atoms with Gasteiger partial charge in [0.05, 0.1) is 11.7 Å². The maximum Gasteiger partial charge on any atom is 0.0745 e. The predicted molar refractivity (Wildman–Crippen MR) is 74.6 cm³/mol. The van der Waals surface area contributed by atoms with Crippen molar-refractivity contribution >= 4 is 0 Å². The van der Waals surface area contributed by atoms with Crippen LogP contribution in [0.3, 0.4) is 0 Å². The van der Waals surface area contributed by atoms with Crippen molar-refractivity contribution < 1.29 is 0 Å². The highest BCUT2D eigenvalue weighted by molar-refractivity contribution is 5.35. The number of aromatic amines is 1. The third-order valence-electron chi connectivity index (χ3n) is 3.30. The van der Waals surface area contributed by atoms with Gasteiger partial charge in [-0.05, 0) is 49.6 Å². The van der Waals surface area contributed by atoms with E-state index in [0.717, 1.165) is 18.7 Å². The van der Waals surface area contributed by atoms with Gasteiger partial charge in [0.1, 0.15) is 0 Å². The number of benzene rings is 1. The summed E-state index contributed by atoms with van der Waals surface area (Å²) in [5, 5.41) is 10.7. The lowest BCUT2D eigenvalue weighted by Crippen LogP contribution is -2.23. The van der Waals surface area contributed by atoms with Gasteiger partial charge in [0.15, 0.2) is 0 Å². The van der Waals surface area contributed by atoms with Gasteiger partial charge in [-0.1, -0.05) is 25.1 Å². The number of hydrogen-bond acceptors (Lipinski definition) is 2. The lowest BCUT2D eigenvalue weighted by atomic mass is 9.99. The molecule has 96 valence electrons. The van der Waals surface area contributed by atoms with Gasteiger partial charge in [0.25, 0.3) is 0 Å². The van der Waals surface area contributed by atoms with Crippen LogP contribution in [0.2, 0.25) is 0 Å². The van der Waals surface area contributed by atoms with Gasteiger partial charge in [0, 0.05) is 6.20 Å². The Bertz CT molecular complexity index is 488. The van der Waals surface area contributed by atoms with Gasteiger partial charge < -0.3 is 5.32 Å². The third-order valence-corrected chi connectivity index (χ3v) is 3.30. The van der Waals surface area contributed by atoms with E-state index in [1.54, 1.807) is 6.20 Å². The molecule has 18 heavy (non-hydrogen) atoms. The molecule has 0 amide bonds. The van der Waals surface area contributed by atoms with Crippen LogP contribution in [0, 0.1) is 13.8 Å². The molecule has 0 bridgehead atoms. The van der Waals surface area contributed by atoms with Crippen LogP contribution in [-0.2, 0) is 0 Å². The molecule has 0 saturated heterocycles. The van der Waals surface area contributed by atoms with E-state index in [4.69, 9.17) is 0 Å².